The molecule has 0 aliphatic carbocycles. The van der Waals surface area contributed by atoms with Gasteiger partial charge in [0.2, 0.25) is 0 Å². The molecule has 1 N–H and O–H groups in total. The van der Waals surface area contributed by atoms with Crippen molar-refractivity contribution in [1.29, 1.82) is 0 Å². The van der Waals surface area contributed by atoms with E-state index >= 15 is 0 Å². The van der Waals surface area contributed by atoms with Gasteiger partial charge in [0.1, 0.15) is 0 Å². The summed E-state index contributed by atoms with van der Waals surface area (Å²) in [5, 5.41) is 8.55. The molecule has 2 rings (SSSR count). The van der Waals surface area contributed by atoms with Crippen LogP contribution in [0.4, 0.5) is 0 Å². The molecule has 1 aromatic rings. The molecule has 1 aliphatic rings. The summed E-state index contributed by atoms with van der Waals surface area (Å²) < 4.78 is 11.2. The van der Waals surface area contributed by atoms with Crippen molar-refractivity contribution in [2.45, 2.75) is 6.92 Å². The summed E-state index contributed by atoms with van der Waals surface area (Å²) in [6.07, 6.45) is 2.63. The highest BCUT2D eigenvalue weighted by Crippen LogP contribution is 2.31. The lowest BCUT2D eigenvalue weighted by atomic mass is 10.2. The average Bonchev–Trinajstić information content (AvgIpc) is 2.49. The molecule has 1 heterocycles. The molecule has 4 nitrogen and oxygen atoms in total. The van der Waals surface area contributed by atoms with E-state index in [1.165, 1.54) is 6.08 Å². The third kappa shape index (κ3) is 3.00. The third-order valence-corrected chi connectivity index (χ3v) is 2.43. The second-order valence-corrected chi connectivity index (χ2v) is 4.10. The highest BCUT2D eigenvalue weighted by molar-refractivity contribution is 5.85. The van der Waals surface area contributed by atoms with Gasteiger partial charge in [-0.25, -0.2) is 4.79 Å². The molecule has 0 saturated heterocycles. The normalized spacial score (nSPS) is 19.0. The zero-order valence-corrected chi connectivity index (χ0v) is 9.55. The van der Waals surface area contributed by atoms with Gasteiger partial charge in [0.25, 0.3) is 0 Å². The predicted octanol–water partition coefficient (Wildman–Crippen LogP) is 2.19. The van der Waals surface area contributed by atoms with Crippen molar-refractivity contribution in [3.8, 4) is 11.5 Å². The topological polar surface area (TPSA) is 55.8 Å². The second kappa shape index (κ2) is 4.91. The fourth-order valence-corrected chi connectivity index (χ4v) is 1.54. The van der Waals surface area contributed by atoms with Crippen molar-refractivity contribution in [2.75, 3.05) is 13.2 Å². The molecule has 17 heavy (non-hydrogen) atoms. The van der Waals surface area contributed by atoms with Gasteiger partial charge in [-0.2, -0.15) is 0 Å². The van der Waals surface area contributed by atoms with Crippen molar-refractivity contribution >= 4 is 12.0 Å². The van der Waals surface area contributed by atoms with Crippen LogP contribution in [0.5, 0.6) is 11.5 Å². The Labute approximate surface area is 99.5 Å². The molecule has 1 unspecified atom stereocenters. The van der Waals surface area contributed by atoms with Gasteiger partial charge in [-0.05, 0) is 23.8 Å². The quantitative estimate of drug-likeness (QED) is 0.797. The van der Waals surface area contributed by atoms with E-state index in [1.54, 1.807) is 18.2 Å². The molecule has 0 aromatic heterocycles. The van der Waals surface area contributed by atoms with Gasteiger partial charge in [0.05, 0.1) is 13.2 Å². The summed E-state index contributed by atoms with van der Waals surface area (Å²) in [6.45, 7) is 3.30. The predicted molar refractivity (Wildman–Crippen MR) is 63.3 cm³/mol. The van der Waals surface area contributed by atoms with Gasteiger partial charge >= 0.3 is 5.97 Å². The maximum absolute atomic E-state index is 10.4. The fourth-order valence-electron chi connectivity index (χ4n) is 1.54. The number of ether oxygens (including phenoxy) is 2. The standard InChI is InChI=1S/C13H14O4/c1-9-7-16-11-4-2-10(3-5-13(14)15)6-12(11)17-8-9/h2-6,9H,7-8H2,1H3,(H,14,15). The first-order valence-electron chi connectivity index (χ1n) is 5.46. The first kappa shape index (κ1) is 11.5. The molecule has 1 aromatic carbocycles. The van der Waals surface area contributed by atoms with Gasteiger partial charge in [0.15, 0.2) is 11.5 Å². The van der Waals surface area contributed by atoms with Crippen LogP contribution in [-0.4, -0.2) is 24.3 Å². The Hall–Kier alpha value is -1.97. The molecule has 1 aliphatic heterocycles. The summed E-state index contributed by atoms with van der Waals surface area (Å²) in [4.78, 5) is 10.4. The first-order valence-corrected chi connectivity index (χ1v) is 5.46. The number of carbonyl (C=O) groups is 1. The molecule has 0 saturated carbocycles. The first-order chi connectivity index (χ1) is 8.15. The van der Waals surface area contributed by atoms with Crippen molar-refractivity contribution < 1.29 is 19.4 Å². The summed E-state index contributed by atoms with van der Waals surface area (Å²) >= 11 is 0. The number of benzene rings is 1. The van der Waals surface area contributed by atoms with Crippen LogP contribution in [0.1, 0.15) is 12.5 Å². The zero-order valence-electron chi connectivity index (χ0n) is 9.55. The third-order valence-electron chi connectivity index (χ3n) is 2.43. The Morgan fingerprint density at radius 1 is 1.35 bits per heavy atom. The second-order valence-electron chi connectivity index (χ2n) is 4.10. The van der Waals surface area contributed by atoms with E-state index < -0.39 is 5.97 Å². The van der Waals surface area contributed by atoms with Crippen LogP contribution in [-0.2, 0) is 4.79 Å². The van der Waals surface area contributed by atoms with E-state index in [4.69, 9.17) is 14.6 Å². The van der Waals surface area contributed by atoms with E-state index in [1.807, 2.05) is 0 Å². The minimum absolute atomic E-state index is 0.348. The van der Waals surface area contributed by atoms with Crippen molar-refractivity contribution in [2.24, 2.45) is 5.92 Å². The largest absolute Gasteiger partial charge is 0.489 e. The summed E-state index contributed by atoms with van der Waals surface area (Å²) in [5.41, 5.74) is 0.782. The van der Waals surface area contributed by atoms with Gasteiger partial charge in [0, 0.05) is 12.0 Å². The molecule has 0 radical (unpaired) electrons. The number of hydrogen-bond donors (Lipinski definition) is 1. The number of rotatable bonds is 2. The Kier molecular flexibility index (Phi) is 3.32. The van der Waals surface area contributed by atoms with Gasteiger partial charge in [-0.15, -0.1) is 0 Å². The average molecular weight is 234 g/mol. The van der Waals surface area contributed by atoms with E-state index in [9.17, 15) is 4.79 Å². The van der Waals surface area contributed by atoms with Crippen LogP contribution in [0.2, 0.25) is 0 Å². The number of hydrogen-bond acceptors (Lipinski definition) is 3. The zero-order chi connectivity index (χ0) is 12.3. The smallest absolute Gasteiger partial charge is 0.328 e. The highest BCUT2D eigenvalue weighted by atomic mass is 16.5. The Morgan fingerprint density at radius 3 is 2.76 bits per heavy atom. The van der Waals surface area contributed by atoms with Gasteiger partial charge in [-0.1, -0.05) is 13.0 Å². The van der Waals surface area contributed by atoms with Crippen molar-refractivity contribution in [3.05, 3.63) is 29.8 Å². The Balaban J connectivity index is 2.22. The SMILES string of the molecule is CC1COc2ccc(C=CC(=O)O)cc2OC1. The van der Waals surface area contributed by atoms with Gasteiger partial charge in [-0.3, -0.25) is 0 Å². The van der Waals surface area contributed by atoms with Crippen molar-refractivity contribution in [3.63, 3.8) is 0 Å². The summed E-state index contributed by atoms with van der Waals surface area (Å²) in [5.74, 6) is 0.759. The van der Waals surface area contributed by atoms with E-state index in [0.717, 1.165) is 11.6 Å². The lowest BCUT2D eigenvalue weighted by molar-refractivity contribution is -0.131. The van der Waals surface area contributed by atoms with E-state index in [-0.39, 0.29) is 0 Å². The van der Waals surface area contributed by atoms with E-state index in [2.05, 4.69) is 6.92 Å². The fraction of sp³-hybridized carbons (Fsp3) is 0.308. The molecular weight excluding hydrogens is 220 g/mol. The molecule has 0 spiro atoms. The Morgan fingerprint density at radius 2 is 2.06 bits per heavy atom. The number of carboxylic acid groups (broad SMARTS) is 1. The van der Waals surface area contributed by atoms with E-state index in [0.29, 0.717) is 30.6 Å². The molecule has 0 fully saturated rings. The monoisotopic (exact) mass is 234 g/mol. The maximum atomic E-state index is 10.4. The molecular formula is C13H14O4. The summed E-state index contributed by atoms with van der Waals surface area (Å²) in [6, 6.07) is 5.39. The Bertz CT molecular complexity index is 451. The molecule has 90 valence electrons. The lowest BCUT2D eigenvalue weighted by Crippen LogP contribution is -2.12. The summed E-state index contributed by atoms with van der Waals surface area (Å²) in [7, 11) is 0. The van der Waals surface area contributed by atoms with Crippen LogP contribution in [0.15, 0.2) is 24.3 Å². The number of carboxylic acids is 1. The number of fused-ring (bicyclic) bond motifs is 1. The van der Waals surface area contributed by atoms with Crippen molar-refractivity contribution in [1.82, 2.24) is 0 Å². The molecule has 4 heteroatoms. The van der Waals surface area contributed by atoms with Crippen LogP contribution >= 0.6 is 0 Å². The van der Waals surface area contributed by atoms with Crippen LogP contribution in [0.25, 0.3) is 6.08 Å². The molecule has 0 amide bonds. The maximum Gasteiger partial charge on any atom is 0.328 e. The minimum atomic E-state index is -0.967. The lowest BCUT2D eigenvalue weighted by Gasteiger charge is -2.07. The highest BCUT2D eigenvalue weighted by Gasteiger charge is 2.14. The number of aliphatic carboxylic acids is 1. The van der Waals surface area contributed by atoms with Crippen LogP contribution < -0.4 is 9.47 Å². The van der Waals surface area contributed by atoms with Gasteiger partial charge < -0.3 is 14.6 Å². The molecule has 1 atom stereocenters. The molecule has 0 bridgehead atoms. The van der Waals surface area contributed by atoms with Crippen LogP contribution in [0.3, 0.4) is 0 Å². The minimum Gasteiger partial charge on any atom is -0.489 e. The van der Waals surface area contributed by atoms with Crippen LogP contribution in [0, 0.1) is 5.92 Å².